The molecule has 1 aliphatic heterocycles. The van der Waals surface area contributed by atoms with E-state index >= 15 is 0 Å². The number of carbonyl (C=O) groups is 2. The quantitative estimate of drug-likeness (QED) is 0.316. The van der Waals surface area contributed by atoms with Gasteiger partial charge >= 0.3 is 0 Å². The van der Waals surface area contributed by atoms with Crippen molar-refractivity contribution < 1.29 is 14.7 Å². The number of rotatable bonds is 10. The zero-order valence-corrected chi connectivity index (χ0v) is 24.1. The third kappa shape index (κ3) is 7.14. The fourth-order valence-corrected chi connectivity index (χ4v) is 5.18. The lowest BCUT2D eigenvalue weighted by Crippen LogP contribution is -2.46. The van der Waals surface area contributed by atoms with Crippen molar-refractivity contribution in [2.24, 2.45) is 5.92 Å². The average Bonchev–Trinajstić information content (AvgIpc) is 2.96. The van der Waals surface area contributed by atoms with Gasteiger partial charge in [0.1, 0.15) is 0 Å². The molecule has 1 aromatic heterocycles. The van der Waals surface area contributed by atoms with E-state index in [9.17, 15) is 14.7 Å². The van der Waals surface area contributed by atoms with Gasteiger partial charge in [-0.05, 0) is 81.4 Å². The first-order valence-corrected chi connectivity index (χ1v) is 14.3. The molecule has 0 radical (unpaired) electrons. The minimum Gasteiger partial charge on any atom is -0.372 e. The number of benzene rings is 2. The Morgan fingerprint density at radius 2 is 1.55 bits per heavy atom. The summed E-state index contributed by atoms with van der Waals surface area (Å²) in [7, 11) is 0. The molecule has 0 unspecified atom stereocenters. The Labute approximate surface area is 238 Å². The second-order valence-corrected chi connectivity index (χ2v) is 11.3. The number of amides is 2. The molecule has 0 bridgehead atoms. The number of hydrogen-bond acceptors (Lipinski definition) is 5. The van der Waals surface area contributed by atoms with E-state index in [2.05, 4.69) is 20.5 Å². The number of nitrogens with one attached hydrogen (secondary N) is 2. The van der Waals surface area contributed by atoms with E-state index in [4.69, 9.17) is 0 Å². The van der Waals surface area contributed by atoms with Crippen LogP contribution in [0.25, 0.3) is 0 Å². The summed E-state index contributed by atoms with van der Waals surface area (Å²) in [6.07, 6.45) is 6.45. The Hall–Kier alpha value is -3.55. The van der Waals surface area contributed by atoms with Crippen LogP contribution in [0.3, 0.4) is 0 Å². The maximum absolute atomic E-state index is 13.4. The summed E-state index contributed by atoms with van der Waals surface area (Å²) in [5.41, 5.74) is 3.43. The fourth-order valence-electron chi connectivity index (χ4n) is 5.18. The van der Waals surface area contributed by atoms with E-state index < -0.39 is 11.5 Å². The van der Waals surface area contributed by atoms with Gasteiger partial charge < -0.3 is 20.6 Å². The number of aliphatic hydroxyl groups is 1. The first kappa shape index (κ1) is 29.4. The summed E-state index contributed by atoms with van der Waals surface area (Å²) in [5, 5.41) is 17.7. The van der Waals surface area contributed by atoms with Gasteiger partial charge in [-0.2, -0.15) is 0 Å². The van der Waals surface area contributed by atoms with Crippen LogP contribution in [-0.4, -0.2) is 53.0 Å². The summed E-state index contributed by atoms with van der Waals surface area (Å²) < 4.78 is 0. The smallest absolute Gasteiger partial charge is 0.261 e. The summed E-state index contributed by atoms with van der Waals surface area (Å²) in [6.45, 7) is 11.0. The number of piperidine rings is 1. The van der Waals surface area contributed by atoms with E-state index in [1.54, 1.807) is 6.20 Å². The molecular formula is C33H42N4O3. The van der Waals surface area contributed by atoms with Crippen molar-refractivity contribution in [3.8, 4) is 0 Å². The highest BCUT2D eigenvalue weighted by Gasteiger charge is 2.39. The zero-order chi connectivity index (χ0) is 28.7. The molecule has 7 heteroatoms. The molecule has 0 saturated carbocycles. The summed E-state index contributed by atoms with van der Waals surface area (Å²) >= 11 is 0. The number of hydrogen-bond donors (Lipinski definition) is 3. The Morgan fingerprint density at radius 1 is 0.975 bits per heavy atom. The van der Waals surface area contributed by atoms with E-state index in [1.165, 1.54) is 5.56 Å². The molecule has 2 amide bonds. The molecule has 1 aliphatic rings. The largest absolute Gasteiger partial charge is 0.372 e. The summed E-state index contributed by atoms with van der Waals surface area (Å²) in [6, 6.07) is 17.0. The number of aryl methyl sites for hydroxylation is 2. The molecule has 0 spiro atoms. The predicted octanol–water partition coefficient (Wildman–Crippen LogP) is 4.91. The van der Waals surface area contributed by atoms with Gasteiger partial charge in [0.05, 0.1) is 11.9 Å². The van der Waals surface area contributed by atoms with Crippen molar-refractivity contribution in [3.05, 3.63) is 94.8 Å². The standard InChI is InChI=1S/C33H42N4O3/c1-23(2)31(38)36-30-20-27(21-34-22-30)26-14-18-37(19-15-26)17-5-16-35-32(39)33(40,28-10-6-24(3)7-11-28)29-12-8-25(4)9-13-29/h6-13,20-23,26,40H,5,14-19H2,1-4H3,(H,35,39)(H,36,38). The molecule has 7 nitrogen and oxygen atoms in total. The summed E-state index contributed by atoms with van der Waals surface area (Å²) in [5.74, 6) is -0.0676. The van der Waals surface area contributed by atoms with Gasteiger partial charge in [0.25, 0.3) is 5.91 Å². The number of pyridine rings is 1. The average molecular weight is 543 g/mol. The van der Waals surface area contributed by atoms with Crippen molar-refractivity contribution in [1.82, 2.24) is 15.2 Å². The predicted molar refractivity (Wildman–Crippen MR) is 159 cm³/mol. The van der Waals surface area contributed by atoms with Crippen LogP contribution in [0, 0.1) is 19.8 Å². The van der Waals surface area contributed by atoms with Crippen LogP contribution in [0.15, 0.2) is 67.0 Å². The van der Waals surface area contributed by atoms with Gasteiger partial charge in [0, 0.05) is 18.7 Å². The lowest BCUT2D eigenvalue weighted by Gasteiger charge is -2.32. The van der Waals surface area contributed by atoms with Crippen molar-refractivity contribution in [3.63, 3.8) is 0 Å². The first-order valence-electron chi connectivity index (χ1n) is 14.3. The lowest BCUT2D eigenvalue weighted by atomic mass is 9.84. The van der Waals surface area contributed by atoms with Crippen molar-refractivity contribution in [1.29, 1.82) is 0 Å². The third-order valence-electron chi connectivity index (χ3n) is 7.81. The second-order valence-electron chi connectivity index (χ2n) is 11.3. The van der Waals surface area contributed by atoms with Crippen LogP contribution in [0.2, 0.25) is 0 Å². The lowest BCUT2D eigenvalue weighted by molar-refractivity contribution is -0.136. The van der Waals surface area contributed by atoms with Crippen molar-refractivity contribution in [2.45, 2.75) is 58.5 Å². The Morgan fingerprint density at radius 3 is 2.10 bits per heavy atom. The molecular weight excluding hydrogens is 500 g/mol. The SMILES string of the molecule is Cc1ccc(C(O)(C(=O)NCCCN2CCC(c3cncc(NC(=O)C(C)C)c3)CC2)c2ccc(C)cc2)cc1. The topological polar surface area (TPSA) is 94.6 Å². The Balaban J connectivity index is 1.29. The van der Waals surface area contributed by atoms with Gasteiger partial charge in [-0.25, -0.2) is 0 Å². The normalized spacial score (nSPS) is 14.8. The van der Waals surface area contributed by atoms with Gasteiger partial charge in [-0.15, -0.1) is 0 Å². The molecule has 3 aromatic rings. The minimum atomic E-state index is -1.75. The van der Waals surface area contributed by atoms with Gasteiger partial charge in [-0.3, -0.25) is 14.6 Å². The minimum absolute atomic E-state index is 0.00275. The fraction of sp³-hybridized carbons (Fsp3) is 0.424. The molecule has 212 valence electrons. The van der Waals surface area contributed by atoms with Gasteiger partial charge in [-0.1, -0.05) is 73.5 Å². The van der Waals surface area contributed by atoms with E-state index in [0.29, 0.717) is 23.6 Å². The molecule has 3 N–H and O–H groups in total. The summed E-state index contributed by atoms with van der Waals surface area (Å²) in [4.78, 5) is 32.2. The van der Waals surface area contributed by atoms with Crippen LogP contribution in [0.1, 0.15) is 66.8 Å². The van der Waals surface area contributed by atoms with E-state index in [0.717, 1.165) is 55.7 Å². The number of nitrogens with zero attached hydrogens (tertiary/aromatic N) is 2. The maximum Gasteiger partial charge on any atom is 0.261 e. The number of aromatic nitrogens is 1. The molecule has 0 atom stereocenters. The second kappa shape index (κ2) is 13.2. The highest BCUT2D eigenvalue weighted by atomic mass is 16.3. The van der Waals surface area contributed by atoms with Crippen LogP contribution >= 0.6 is 0 Å². The third-order valence-corrected chi connectivity index (χ3v) is 7.81. The number of anilines is 1. The van der Waals surface area contributed by atoms with Crippen LogP contribution in [0.5, 0.6) is 0 Å². The highest BCUT2D eigenvalue weighted by Crippen LogP contribution is 2.31. The van der Waals surface area contributed by atoms with Crippen LogP contribution in [-0.2, 0) is 15.2 Å². The molecule has 1 fully saturated rings. The first-order chi connectivity index (χ1) is 19.2. The molecule has 0 aliphatic carbocycles. The molecule has 2 aromatic carbocycles. The van der Waals surface area contributed by atoms with E-state index in [-0.39, 0.29) is 11.8 Å². The zero-order valence-electron chi connectivity index (χ0n) is 24.1. The van der Waals surface area contributed by atoms with Gasteiger partial charge in [0.2, 0.25) is 5.91 Å². The molecule has 40 heavy (non-hydrogen) atoms. The number of likely N-dealkylation sites (tertiary alicyclic amines) is 1. The highest BCUT2D eigenvalue weighted by molar-refractivity contribution is 5.92. The van der Waals surface area contributed by atoms with Crippen LogP contribution in [0.4, 0.5) is 5.69 Å². The number of carbonyl (C=O) groups excluding carboxylic acids is 2. The molecule has 2 heterocycles. The van der Waals surface area contributed by atoms with Crippen molar-refractivity contribution in [2.75, 3.05) is 31.5 Å². The Bertz CT molecular complexity index is 1230. The monoisotopic (exact) mass is 542 g/mol. The Kier molecular flexibility index (Phi) is 9.71. The van der Waals surface area contributed by atoms with Crippen LogP contribution < -0.4 is 10.6 Å². The maximum atomic E-state index is 13.4. The van der Waals surface area contributed by atoms with E-state index in [1.807, 2.05) is 88.5 Å². The van der Waals surface area contributed by atoms with Crippen molar-refractivity contribution >= 4 is 17.5 Å². The molecule has 1 saturated heterocycles. The molecule has 4 rings (SSSR count). The van der Waals surface area contributed by atoms with Gasteiger partial charge in [0.15, 0.2) is 5.60 Å².